The zero-order chi connectivity index (χ0) is 21.3. The molecule has 0 spiro atoms. The molecule has 0 bridgehead atoms. The number of nitrogens with zero attached hydrogens (tertiary/aromatic N) is 4. The van der Waals surface area contributed by atoms with Crippen molar-refractivity contribution in [2.24, 2.45) is 10.9 Å². The lowest BCUT2D eigenvalue weighted by atomic mass is 9.97. The van der Waals surface area contributed by atoms with E-state index in [9.17, 15) is 4.79 Å². The van der Waals surface area contributed by atoms with E-state index in [1.807, 2.05) is 25.2 Å². The number of rotatable bonds is 6. The van der Waals surface area contributed by atoms with Crippen LogP contribution >= 0.6 is 11.6 Å². The average Bonchev–Trinajstić information content (AvgIpc) is 2.79. The SMILES string of the molecule is CN=C(NCCCN1CCN(c2ccccc2Cl)CC1)N1CCC(C(=O)OC)CC1. The van der Waals surface area contributed by atoms with Gasteiger partial charge in [0.25, 0.3) is 0 Å². The van der Waals surface area contributed by atoms with Crippen LogP contribution in [0.1, 0.15) is 19.3 Å². The summed E-state index contributed by atoms with van der Waals surface area (Å²) in [6.07, 6.45) is 2.72. The highest BCUT2D eigenvalue weighted by Gasteiger charge is 2.27. The average molecular weight is 436 g/mol. The van der Waals surface area contributed by atoms with Crippen LogP contribution in [0.2, 0.25) is 5.02 Å². The molecular formula is C22H34ClN5O2. The molecule has 3 rings (SSSR count). The summed E-state index contributed by atoms with van der Waals surface area (Å²) in [4.78, 5) is 23.2. The smallest absolute Gasteiger partial charge is 0.308 e. The molecule has 0 amide bonds. The number of likely N-dealkylation sites (tertiary alicyclic amines) is 1. The summed E-state index contributed by atoms with van der Waals surface area (Å²) >= 11 is 6.33. The van der Waals surface area contributed by atoms with Gasteiger partial charge < -0.3 is 19.9 Å². The molecule has 2 saturated heterocycles. The second-order valence-corrected chi connectivity index (χ2v) is 8.30. The lowest BCUT2D eigenvalue weighted by Gasteiger charge is -2.36. The molecule has 1 aromatic carbocycles. The van der Waals surface area contributed by atoms with E-state index in [1.54, 1.807) is 0 Å². The second-order valence-electron chi connectivity index (χ2n) is 7.89. The zero-order valence-corrected chi connectivity index (χ0v) is 18.9. The Morgan fingerprint density at radius 1 is 1.17 bits per heavy atom. The number of piperidine rings is 1. The van der Waals surface area contributed by atoms with Crippen LogP contribution < -0.4 is 10.2 Å². The Bertz CT molecular complexity index is 713. The van der Waals surface area contributed by atoms with Crippen LogP contribution in [-0.2, 0) is 9.53 Å². The number of anilines is 1. The lowest BCUT2D eigenvalue weighted by Crippen LogP contribution is -2.48. The second kappa shape index (κ2) is 11.4. The van der Waals surface area contributed by atoms with Crippen molar-refractivity contribution < 1.29 is 9.53 Å². The standard InChI is InChI=1S/C22H34ClN5O2/c1-24-22(28-12-8-18(9-13-28)21(29)30-2)25-10-5-11-26-14-16-27(17-15-26)20-7-4-3-6-19(20)23/h3-4,6-7,18H,5,8-17H2,1-2H3,(H,24,25). The molecular weight excluding hydrogens is 402 g/mol. The molecule has 166 valence electrons. The normalized spacial score (nSPS) is 19.1. The molecule has 2 heterocycles. The van der Waals surface area contributed by atoms with E-state index in [0.717, 1.165) is 88.3 Å². The van der Waals surface area contributed by atoms with Crippen LogP contribution in [0.15, 0.2) is 29.3 Å². The monoisotopic (exact) mass is 435 g/mol. The van der Waals surface area contributed by atoms with Gasteiger partial charge in [0.1, 0.15) is 0 Å². The summed E-state index contributed by atoms with van der Waals surface area (Å²) in [7, 11) is 3.29. The third-order valence-electron chi connectivity index (χ3n) is 6.04. The van der Waals surface area contributed by atoms with E-state index in [4.69, 9.17) is 16.3 Å². The summed E-state index contributed by atoms with van der Waals surface area (Å²) in [6.45, 7) is 7.77. The molecule has 0 aromatic heterocycles. The maximum absolute atomic E-state index is 11.7. The molecule has 2 aliphatic heterocycles. The molecule has 7 nitrogen and oxygen atoms in total. The minimum atomic E-state index is -0.0905. The molecule has 1 N–H and O–H groups in total. The summed E-state index contributed by atoms with van der Waals surface area (Å²) in [6, 6.07) is 8.08. The van der Waals surface area contributed by atoms with Gasteiger partial charge in [-0.3, -0.25) is 14.7 Å². The number of nitrogens with one attached hydrogen (secondary N) is 1. The Labute approximate surface area is 185 Å². The molecule has 2 fully saturated rings. The number of halogens is 1. The van der Waals surface area contributed by atoms with Crippen molar-refractivity contribution in [3.05, 3.63) is 29.3 Å². The van der Waals surface area contributed by atoms with E-state index in [0.29, 0.717) is 0 Å². The van der Waals surface area contributed by atoms with Gasteiger partial charge in [0.05, 0.1) is 23.7 Å². The number of hydrogen-bond acceptors (Lipinski definition) is 5. The highest BCUT2D eigenvalue weighted by atomic mass is 35.5. The van der Waals surface area contributed by atoms with Crippen molar-refractivity contribution in [1.29, 1.82) is 0 Å². The van der Waals surface area contributed by atoms with Gasteiger partial charge in [-0.05, 0) is 37.9 Å². The summed E-state index contributed by atoms with van der Waals surface area (Å²) < 4.78 is 4.87. The Morgan fingerprint density at radius 2 is 1.87 bits per heavy atom. The number of guanidine groups is 1. The van der Waals surface area contributed by atoms with E-state index in [1.165, 1.54) is 7.11 Å². The van der Waals surface area contributed by atoms with E-state index < -0.39 is 0 Å². The van der Waals surface area contributed by atoms with Crippen LogP contribution in [0.5, 0.6) is 0 Å². The molecule has 0 atom stereocenters. The van der Waals surface area contributed by atoms with Crippen molar-refractivity contribution in [1.82, 2.24) is 15.1 Å². The van der Waals surface area contributed by atoms with Gasteiger partial charge in [-0.15, -0.1) is 0 Å². The molecule has 0 saturated carbocycles. The van der Waals surface area contributed by atoms with Gasteiger partial charge in [-0.2, -0.15) is 0 Å². The number of ether oxygens (including phenoxy) is 1. The first-order valence-electron chi connectivity index (χ1n) is 10.9. The quantitative estimate of drug-likeness (QED) is 0.320. The molecule has 0 aliphatic carbocycles. The molecule has 0 radical (unpaired) electrons. The van der Waals surface area contributed by atoms with Crippen LogP contribution in [0.3, 0.4) is 0 Å². The van der Waals surface area contributed by atoms with Crippen LogP contribution in [0, 0.1) is 5.92 Å². The first-order valence-corrected chi connectivity index (χ1v) is 11.3. The van der Waals surface area contributed by atoms with Crippen molar-refractivity contribution in [2.75, 3.05) is 71.4 Å². The first kappa shape index (κ1) is 22.7. The fourth-order valence-corrected chi connectivity index (χ4v) is 4.50. The summed E-state index contributed by atoms with van der Waals surface area (Å²) in [5.74, 6) is 0.864. The third kappa shape index (κ3) is 6.01. The fraction of sp³-hybridized carbons (Fsp3) is 0.636. The number of hydrogen-bond donors (Lipinski definition) is 1. The lowest BCUT2D eigenvalue weighted by molar-refractivity contribution is -0.146. The maximum atomic E-state index is 11.7. The molecule has 8 heteroatoms. The van der Waals surface area contributed by atoms with Crippen LogP contribution in [0.4, 0.5) is 5.69 Å². The number of carbonyl (C=O) groups excluding carboxylic acids is 1. The van der Waals surface area contributed by atoms with Gasteiger partial charge in [0.15, 0.2) is 5.96 Å². The highest BCUT2D eigenvalue weighted by molar-refractivity contribution is 6.33. The van der Waals surface area contributed by atoms with Crippen molar-refractivity contribution >= 4 is 29.2 Å². The number of methoxy groups -OCH3 is 1. The number of piperazine rings is 1. The van der Waals surface area contributed by atoms with E-state index in [-0.39, 0.29) is 11.9 Å². The summed E-state index contributed by atoms with van der Waals surface area (Å²) in [5, 5.41) is 4.31. The fourth-order valence-electron chi connectivity index (χ4n) is 4.25. The van der Waals surface area contributed by atoms with Gasteiger partial charge >= 0.3 is 5.97 Å². The van der Waals surface area contributed by atoms with Crippen LogP contribution in [-0.4, -0.2) is 88.2 Å². The van der Waals surface area contributed by atoms with E-state index >= 15 is 0 Å². The van der Waals surface area contributed by atoms with E-state index in [2.05, 4.69) is 31.1 Å². The Morgan fingerprint density at radius 3 is 2.50 bits per heavy atom. The summed E-state index contributed by atoms with van der Waals surface area (Å²) in [5.41, 5.74) is 1.14. The maximum Gasteiger partial charge on any atom is 0.308 e. The van der Waals surface area contributed by atoms with Crippen LogP contribution in [0.25, 0.3) is 0 Å². The Balaban J connectivity index is 1.33. The minimum Gasteiger partial charge on any atom is -0.469 e. The minimum absolute atomic E-state index is 0.0220. The molecule has 30 heavy (non-hydrogen) atoms. The Hall–Kier alpha value is -1.99. The third-order valence-corrected chi connectivity index (χ3v) is 6.36. The highest BCUT2D eigenvalue weighted by Crippen LogP contribution is 2.26. The Kier molecular flexibility index (Phi) is 8.63. The van der Waals surface area contributed by atoms with Crippen molar-refractivity contribution in [3.8, 4) is 0 Å². The van der Waals surface area contributed by atoms with Gasteiger partial charge in [0, 0.05) is 52.9 Å². The van der Waals surface area contributed by atoms with Crippen molar-refractivity contribution in [2.45, 2.75) is 19.3 Å². The van der Waals surface area contributed by atoms with Gasteiger partial charge in [-0.1, -0.05) is 23.7 Å². The van der Waals surface area contributed by atoms with Gasteiger partial charge in [-0.25, -0.2) is 0 Å². The number of carbonyl (C=O) groups is 1. The number of para-hydroxylation sites is 1. The predicted octanol–water partition coefficient (Wildman–Crippen LogP) is 2.31. The molecule has 1 aromatic rings. The first-order chi connectivity index (χ1) is 14.6. The number of benzene rings is 1. The molecule has 2 aliphatic rings. The number of aliphatic imine (C=N–C) groups is 1. The van der Waals surface area contributed by atoms with Crippen molar-refractivity contribution in [3.63, 3.8) is 0 Å². The largest absolute Gasteiger partial charge is 0.469 e. The zero-order valence-electron chi connectivity index (χ0n) is 18.1. The molecule has 0 unspecified atom stereocenters. The number of esters is 1. The van der Waals surface area contributed by atoms with Gasteiger partial charge in [0.2, 0.25) is 0 Å². The predicted molar refractivity (Wildman–Crippen MR) is 122 cm³/mol. The topological polar surface area (TPSA) is 60.4 Å².